The molecule has 0 aliphatic carbocycles. The molecular formula is C78H152O17P2. The SMILES string of the molecule is CCCCCCCCCCCCCCC(=O)OC[C@H](COP(=O)(O)OC[C@H](O)COP(=O)(O)OC[C@@H](COC(=O)CCCCCCCCCCCCC(C)CC)OC(=O)CCCCCCCCCCCCCCCCCCC(C)C)OC(=O)CCCCCCCCCCCCCC. The maximum atomic E-state index is 13.1. The minimum absolute atomic E-state index is 0.108. The third-order valence-electron chi connectivity index (χ3n) is 18.6. The number of carbonyl (C=O) groups is 4. The number of aliphatic hydroxyl groups is 1. The van der Waals surface area contributed by atoms with E-state index in [9.17, 15) is 43.2 Å². The molecule has 0 fully saturated rings. The highest BCUT2D eigenvalue weighted by Gasteiger charge is 2.30. The molecule has 3 N–H and O–H groups in total. The first-order chi connectivity index (χ1) is 46.9. The monoisotopic (exact) mass is 1420 g/mol. The fourth-order valence-electron chi connectivity index (χ4n) is 12.0. The molecule has 19 heteroatoms. The van der Waals surface area contributed by atoms with E-state index in [1.54, 1.807) is 0 Å². The summed E-state index contributed by atoms with van der Waals surface area (Å²) in [6.07, 6.45) is 58.0. The zero-order chi connectivity index (χ0) is 71.4. The molecule has 0 amide bonds. The van der Waals surface area contributed by atoms with Crippen molar-refractivity contribution >= 4 is 39.5 Å². The van der Waals surface area contributed by atoms with Crippen LogP contribution in [-0.2, 0) is 65.4 Å². The molecule has 97 heavy (non-hydrogen) atoms. The van der Waals surface area contributed by atoms with Crippen molar-refractivity contribution in [2.75, 3.05) is 39.6 Å². The number of hydrogen-bond acceptors (Lipinski definition) is 15. The van der Waals surface area contributed by atoms with E-state index in [1.165, 1.54) is 225 Å². The molecule has 0 aliphatic rings. The zero-order valence-corrected chi connectivity index (χ0v) is 65.2. The summed E-state index contributed by atoms with van der Waals surface area (Å²) < 4.78 is 68.6. The number of phosphoric ester groups is 2. The quantitative estimate of drug-likeness (QED) is 0.0222. The Labute approximate surface area is 594 Å². The van der Waals surface area contributed by atoms with Gasteiger partial charge < -0.3 is 33.8 Å². The Bertz CT molecular complexity index is 1870. The van der Waals surface area contributed by atoms with Gasteiger partial charge in [0, 0.05) is 25.7 Å². The van der Waals surface area contributed by atoms with Crippen LogP contribution in [0.15, 0.2) is 0 Å². The van der Waals surface area contributed by atoms with Gasteiger partial charge in [-0.2, -0.15) is 0 Å². The molecule has 0 radical (unpaired) electrons. The first kappa shape index (κ1) is 95.1. The average Bonchev–Trinajstić information content (AvgIpc) is 1.50. The van der Waals surface area contributed by atoms with Crippen LogP contribution in [0.3, 0.4) is 0 Å². The maximum Gasteiger partial charge on any atom is 0.472 e. The van der Waals surface area contributed by atoms with E-state index in [2.05, 4.69) is 41.5 Å². The van der Waals surface area contributed by atoms with Gasteiger partial charge in [0.2, 0.25) is 0 Å². The lowest BCUT2D eigenvalue weighted by atomic mass is 9.99. The molecule has 0 aromatic carbocycles. The van der Waals surface area contributed by atoms with E-state index in [1.807, 2.05) is 0 Å². The largest absolute Gasteiger partial charge is 0.472 e. The Balaban J connectivity index is 5.25. The number of aliphatic hydroxyl groups excluding tert-OH is 1. The molecular weight excluding hydrogens is 1270 g/mol. The summed E-state index contributed by atoms with van der Waals surface area (Å²) in [6, 6.07) is 0. The van der Waals surface area contributed by atoms with Crippen LogP contribution in [0.4, 0.5) is 0 Å². The number of hydrogen-bond donors (Lipinski definition) is 3. The molecule has 0 rings (SSSR count). The van der Waals surface area contributed by atoms with Crippen LogP contribution in [0.25, 0.3) is 0 Å². The van der Waals surface area contributed by atoms with Crippen molar-refractivity contribution in [3.05, 3.63) is 0 Å². The Morgan fingerprint density at radius 3 is 0.784 bits per heavy atom. The van der Waals surface area contributed by atoms with Gasteiger partial charge in [0.15, 0.2) is 12.2 Å². The number of carbonyl (C=O) groups excluding carboxylic acids is 4. The third kappa shape index (κ3) is 70.9. The highest BCUT2D eigenvalue weighted by Crippen LogP contribution is 2.45. The molecule has 3 unspecified atom stereocenters. The van der Waals surface area contributed by atoms with E-state index in [0.29, 0.717) is 25.7 Å². The number of ether oxygens (including phenoxy) is 4. The van der Waals surface area contributed by atoms with Crippen molar-refractivity contribution in [2.45, 2.75) is 426 Å². The Hall–Kier alpha value is -1.94. The maximum absolute atomic E-state index is 13.1. The van der Waals surface area contributed by atoms with Crippen LogP contribution in [-0.4, -0.2) is 96.7 Å². The average molecular weight is 1420 g/mol. The minimum Gasteiger partial charge on any atom is -0.462 e. The summed E-state index contributed by atoms with van der Waals surface area (Å²) in [7, 11) is -9.91. The molecule has 0 aromatic heterocycles. The Kier molecular flexibility index (Phi) is 68.4. The minimum atomic E-state index is -4.96. The van der Waals surface area contributed by atoms with Crippen molar-refractivity contribution in [1.82, 2.24) is 0 Å². The highest BCUT2D eigenvalue weighted by molar-refractivity contribution is 7.47. The summed E-state index contributed by atoms with van der Waals surface area (Å²) in [5, 5.41) is 10.6. The fourth-order valence-corrected chi connectivity index (χ4v) is 13.6. The van der Waals surface area contributed by atoms with Gasteiger partial charge in [-0.25, -0.2) is 9.13 Å². The summed E-state index contributed by atoms with van der Waals surface area (Å²) in [4.78, 5) is 72.9. The van der Waals surface area contributed by atoms with E-state index < -0.39 is 97.5 Å². The Morgan fingerprint density at radius 1 is 0.299 bits per heavy atom. The molecule has 0 aromatic rings. The van der Waals surface area contributed by atoms with Crippen LogP contribution in [0, 0.1) is 11.8 Å². The normalized spacial score (nSPS) is 14.2. The summed E-state index contributed by atoms with van der Waals surface area (Å²) >= 11 is 0. The van der Waals surface area contributed by atoms with Gasteiger partial charge >= 0.3 is 39.5 Å². The predicted octanol–water partition coefficient (Wildman–Crippen LogP) is 23.1. The third-order valence-corrected chi connectivity index (χ3v) is 20.5. The number of esters is 4. The molecule has 0 heterocycles. The van der Waals surface area contributed by atoms with Crippen molar-refractivity contribution in [3.63, 3.8) is 0 Å². The van der Waals surface area contributed by atoms with Gasteiger partial charge in [-0.1, -0.05) is 356 Å². The second-order valence-electron chi connectivity index (χ2n) is 28.8. The van der Waals surface area contributed by atoms with Gasteiger partial charge in [-0.3, -0.25) is 37.3 Å². The first-order valence-corrected chi connectivity index (χ1v) is 43.5. The van der Waals surface area contributed by atoms with Crippen molar-refractivity contribution < 1.29 is 80.2 Å². The lowest BCUT2D eigenvalue weighted by Gasteiger charge is -2.21. The van der Waals surface area contributed by atoms with Crippen LogP contribution in [0.1, 0.15) is 408 Å². The van der Waals surface area contributed by atoms with Gasteiger partial charge in [-0.05, 0) is 37.5 Å². The smallest absolute Gasteiger partial charge is 0.462 e. The number of rotatable bonds is 77. The molecule has 0 spiro atoms. The zero-order valence-electron chi connectivity index (χ0n) is 63.4. The van der Waals surface area contributed by atoms with Crippen molar-refractivity contribution in [3.8, 4) is 0 Å². The topological polar surface area (TPSA) is 237 Å². The summed E-state index contributed by atoms with van der Waals surface area (Å²) in [5.41, 5.74) is 0. The van der Waals surface area contributed by atoms with E-state index in [-0.39, 0.29) is 25.7 Å². The van der Waals surface area contributed by atoms with Crippen LogP contribution >= 0.6 is 15.6 Å². The molecule has 0 saturated heterocycles. The summed E-state index contributed by atoms with van der Waals surface area (Å²) in [6.45, 7) is 9.67. The number of unbranched alkanes of at least 4 members (excludes halogenated alkanes) is 46. The molecule has 0 bridgehead atoms. The van der Waals surface area contributed by atoms with Crippen LogP contribution in [0.5, 0.6) is 0 Å². The van der Waals surface area contributed by atoms with Gasteiger partial charge in [0.1, 0.15) is 19.3 Å². The first-order valence-electron chi connectivity index (χ1n) is 40.5. The van der Waals surface area contributed by atoms with E-state index in [4.69, 9.17) is 37.0 Å². The lowest BCUT2D eigenvalue weighted by Crippen LogP contribution is -2.30. The van der Waals surface area contributed by atoms with Gasteiger partial charge in [-0.15, -0.1) is 0 Å². The lowest BCUT2D eigenvalue weighted by molar-refractivity contribution is -0.161. The second-order valence-corrected chi connectivity index (χ2v) is 31.7. The molecule has 17 nitrogen and oxygen atoms in total. The fraction of sp³-hybridized carbons (Fsp3) is 0.949. The van der Waals surface area contributed by atoms with Crippen LogP contribution in [0.2, 0.25) is 0 Å². The summed E-state index contributed by atoms with van der Waals surface area (Å²) in [5.74, 6) is -0.491. The molecule has 6 atom stereocenters. The molecule has 0 aliphatic heterocycles. The van der Waals surface area contributed by atoms with Crippen molar-refractivity contribution in [1.29, 1.82) is 0 Å². The standard InChI is InChI=1S/C78H152O17P2/c1-7-10-12-14-16-18-20-29-36-42-48-54-60-75(80)88-66-73(94-77(82)62-56-50-44-38-30-21-19-17-15-13-11-8-2)68-92-96(84,85)90-64-72(79)65-91-97(86,87)93-69-74(67-89-76(81)61-55-49-43-37-33-32-35-41-47-53-59-71(6)9-3)95-78(83)63-57-51-45-39-31-27-25-23-22-24-26-28-34-40-46-52-58-70(4)5/h70-74,79H,7-69H2,1-6H3,(H,84,85)(H,86,87)/t71?,72-,73+,74+/m0/s1. The molecule has 576 valence electrons. The number of phosphoric acid groups is 2. The second kappa shape index (κ2) is 69.8. The van der Waals surface area contributed by atoms with Gasteiger partial charge in [0.05, 0.1) is 26.4 Å². The van der Waals surface area contributed by atoms with Crippen LogP contribution < -0.4 is 0 Å². The van der Waals surface area contributed by atoms with E-state index >= 15 is 0 Å². The molecule has 0 saturated carbocycles. The predicted molar refractivity (Wildman–Crippen MR) is 395 cm³/mol. The highest BCUT2D eigenvalue weighted by atomic mass is 31.2. The van der Waals surface area contributed by atoms with E-state index in [0.717, 1.165) is 102 Å². The van der Waals surface area contributed by atoms with Gasteiger partial charge in [0.25, 0.3) is 0 Å². The van der Waals surface area contributed by atoms with Crippen molar-refractivity contribution in [2.24, 2.45) is 11.8 Å². The Morgan fingerprint density at radius 2 is 0.526 bits per heavy atom.